The lowest BCUT2D eigenvalue weighted by Crippen LogP contribution is -2.27. The van der Waals surface area contributed by atoms with Crippen molar-refractivity contribution in [2.24, 2.45) is 0 Å². The molecular weight excluding hydrogens is 540 g/mol. The fraction of sp³-hybridized carbons (Fsp3) is 0.0833. The van der Waals surface area contributed by atoms with E-state index in [9.17, 15) is 14.9 Å². The minimum Gasteiger partial charge on any atom is -0.493 e. The number of thioether (sulfide) groups is 1. The summed E-state index contributed by atoms with van der Waals surface area (Å²) in [6.07, 6.45) is 1.71. The minimum atomic E-state index is -0.510. The maximum absolute atomic E-state index is 13.0. The molecule has 0 N–H and O–H groups in total. The lowest BCUT2D eigenvalue weighted by atomic mass is 10.1. The number of carbonyl (C=O) groups is 1. The van der Waals surface area contributed by atoms with Gasteiger partial charge in [-0.1, -0.05) is 64.2 Å². The van der Waals surface area contributed by atoms with Crippen LogP contribution in [0, 0.1) is 10.1 Å². The van der Waals surface area contributed by atoms with Crippen LogP contribution in [0.1, 0.15) is 11.1 Å². The van der Waals surface area contributed by atoms with Gasteiger partial charge in [-0.15, -0.1) is 0 Å². The predicted octanol–water partition coefficient (Wildman–Crippen LogP) is 6.35. The van der Waals surface area contributed by atoms with Crippen molar-refractivity contribution >= 4 is 67.6 Å². The quantitative estimate of drug-likeness (QED) is 0.145. The summed E-state index contributed by atoms with van der Waals surface area (Å²) in [5.41, 5.74) is 1.99. The highest BCUT2D eigenvalue weighted by molar-refractivity contribution is 9.10. The number of non-ortho nitro benzene ring substituents is 1. The van der Waals surface area contributed by atoms with E-state index in [4.69, 9.17) is 21.7 Å². The highest BCUT2D eigenvalue weighted by Crippen LogP contribution is 2.38. The van der Waals surface area contributed by atoms with Gasteiger partial charge in [0, 0.05) is 16.6 Å². The van der Waals surface area contributed by atoms with Gasteiger partial charge in [-0.25, -0.2) is 0 Å². The first-order valence-corrected chi connectivity index (χ1v) is 11.9. The van der Waals surface area contributed by atoms with Crippen LogP contribution in [0.15, 0.2) is 76.1 Å². The largest absolute Gasteiger partial charge is 0.493 e. The number of methoxy groups -OCH3 is 1. The molecule has 4 rings (SSSR count). The SMILES string of the molecule is COc1cc(/C=C2\SC(=S)N(c3cccc([N+](=O)[O-])c3)C2=O)ccc1OCc1ccc(Br)cc1. The van der Waals surface area contributed by atoms with Gasteiger partial charge in [0.2, 0.25) is 0 Å². The number of thiocarbonyl (C=S) groups is 1. The van der Waals surface area contributed by atoms with E-state index in [0.717, 1.165) is 27.4 Å². The number of nitro benzene ring substituents is 1. The zero-order valence-corrected chi connectivity index (χ0v) is 21.0. The maximum atomic E-state index is 13.0. The van der Waals surface area contributed by atoms with Crippen LogP contribution in [-0.4, -0.2) is 22.3 Å². The Bertz CT molecular complexity index is 1310. The van der Waals surface area contributed by atoms with Crippen LogP contribution in [0.4, 0.5) is 11.4 Å². The number of nitrogens with zero attached hydrogens (tertiary/aromatic N) is 2. The summed E-state index contributed by atoms with van der Waals surface area (Å²) >= 11 is 9.92. The maximum Gasteiger partial charge on any atom is 0.271 e. The Kier molecular flexibility index (Phi) is 7.30. The molecule has 10 heteroatoms. The Morgan fingerprint density at radius 2 is 1.88 bits per heavy atom. The van der Waals surface area contributed by atoms with Gasteiger partial charge in [-0.05, 0) is 47.5 Å². The highest BCUT2D eigenvalue weighted by Gasteiger charge is 2.34. The summed E-state index contributed by atoms with van der Waals surface area (Å²) in [7, 11) is 1.55. The Balaban J connectivity index is 1.53. The van der Waals surface area contributed by atoms with E-state index in [0.29, 0.717) is 33.0 Å². The van der Waals surface area contributed by atoms with Gasteiger partial charge >= 0.3 is 0 Å². The number of nitro groups is 1. The van der Waals surface area contributed by atoms with Crippen molar-refractivity contribution in [3.63, 3.8) is 0 Å². The Morgan fingerprint density at radius 3 is 2.59 bits per heavy atom. The van der Waals surface area contributed by atoms with E-state index in [1.54, 1.807) is 31.4 Å². The molecule has 1 fully saturated rings. The summed E-state index contributed by atoms with van der Waals surface area (Å²) in [4.78, 5) is 25.3. The molecular formula is C24H17BrN2O5S2. The van der Waals surface area contributed by atoms with Gasteiger partial charge in [-0.2, -0.15) is 0 Å². The van der Waals surface area contributed by atoms with Crippen LogP contribution in [0.25, 0.3) is 6.08 Å². The topological polar surface area (TPSA) is 81.9 Å². The molecule has 0 aliphatic carbocycles. The third-order valence-corrected chi connectivity index (χ3v) is 6.72. The van der Waals surface area contributed by atoms with Crippen LogP contribution in [-0.2, 0) is 11.4 Å². The van der Waals surface area contributed by atoms with E-state index in [2.05, 4.69) is 15.9 Å². The first-order valence-electron chi connectivity index (χ1n) is 9.93. The van der Waals surface area contributed by atoms with E-state index in [-0.39, 0.29) is 11.6 Å². The van der Waals surface area contributed by atoms with E-state index in [1.807, 2.05) is 30.3 Å². The zero-order chi connectivity index (χ0) is 24.2. The lowest BCUT2D eigenvalue weighted by Gasteiger charge is -2.14. The van der Waals surface area contributed by atoms with Crippen molar-refractivity contribution in [3.05, 3.63) is 97.3 Å². The number of rotatable bonds is 7. The molecule has 1 amide bonds. The number of amides is 1. The van der Waals surface area contributed by atoms with Gasteiger partial charge in [0.05, 0.1) is 22.6 Å². The van der Waals surface area contributed by atoms with E-state index >= 15 is 0 Å². The molecule has 0 bridgehead atoms. The van der Waals surface area contributed by atoms with E-state index in [1.165, 1.54) is 23.1 Å². The normalized spacial score (nSPS) is 14.5. The fourth-order valence-corrected chi connectivity index (χ4v) is 4.79. The van der Waals surface area contributed by atoms with Gasteiger partial charge in [0.1, 0.15) is 6.61 Å². The molecule has 3 aromatic rings. The third kappa shape index (κ3) is 5.30. The monoisotopic (exact) mass is 556 g/mol. The van der Waals surface area contributed by atoms with Gasteiger partial charge in [0.15, 0.2) is 15.8 Å². The second kappa shape index (κ2) is 10.4. The van der Waals surface area contributed by atoms with Crippen LogP contribution < -0.4 is 14.4 Å². The van der Waals surface area contributed by atoms with Gasteiger partial charge in [-0.3, -0.25) is 19.8 Å². The number of carbonyl (C=O) groups excluding carboxylic acids is 1. The van der Waals surface area contributed by atoms with Gasteiger partial charge in [0.25, 0.3) is 11.6 Å². The smallest absolute Gasteiger partial charge is 0.271 e. The summed E-state index contributed by atoms with van der Waals surface area (Å²) < 4.78 is 12.7. The predicted molar refractivity (Wildman–Crippen MR) is 140 cm³/mol. The van der Waals surface area contributed by atoms with Crippen molar-refractivity contribution in [1.82, 2.24) is 0 Å². The summed E-state index contributed by atoms with van der Waals surface area (Å²) in [5, 5.41) is 11.1. The van der Waals surface area contributed by atoms with Gasteiger partial charge < -0.3 is 9.47 Å². The molecule has 172 valence electrons. The molecule has 0 unspecified atom stereocenters. The summed E-state index contributed by atoms with van der Waals surface area (Å²) in [6.45, 7) is 0.380. The highest BCUT2D eigenvalue weighted by atomic mass is 79.9. The first kappa shape index (κ1) is 23.9. The molecule has 1 aliphatic rings. The third-order valence-electron chi connectivity index (χ3n) is 4.89. The molecule has 3 aromatic carbocycles. The van der Waals surface area contributed by atoms with Crippen LogP contribution >= 0.6 is 39.9 Å². The first-order chi connectivity index (χ1) is 16.4. The van der Waals surface area contributed by atoms with Crippen LogP contribution in [0.3, 0.4) is 0 Å². The van der Waals surface area contributed by atoms with Crippen molar-refractivity contribution < 1.29 is 19.2 Å². The Labute approximate surface area is 213 Å². The molecule has 34 heavy (non-hydrogen) atoms. The van der Waals surface area contributed by atoms with Crippen molar-refractivity contribution in [3.8, 4) is 11.5 Å². The summed E-state index contributed by atoms with van der Waals surface area (Å²) in [5.74, 6) is 0.761. The molecule has 0 spiro atoms. The molecule has 0 saturated carbocycles. The molecule has 7 nitrogen and oxygen atoms in total. The number of hydrogen-bond donors (Lipinski definition) is 0. The molecule has 1 saturated heterocycles. The summed E-state index contributed by atoms with van der Waals surface area (Å²) in [6, 6.07) is 19.0. The lowest BCUT2D eigenvalue weighted by molar-refractivity contribution is -0.384. The average Bonchev–Trinajstić information content (AvgIpc) is 3.11. The zero-order valence-electron chi connectivity index (χ0n) is 17.8. The second-order valence-corrected chi connectivity index (χ2v) is 9.71. The molecule has 1 aliphatic heterocycles. The standard InChI is InChI=1S/C24H17BrN2O5S2/c1-31-21-11-16(7-10-20(21)32-14-15-5-8-17(25)9-6-15)12-22-23(28)26(24(33)34-22)18-3-2-4-19(13-18)27(29)30/h2-13H,14H2,1H3/b22-12-. The second-order valence-electron chi connectivity index (χ2n) is 7.12. The number of hydrogen-bond acceptors (Lipinski definition) is 7. The molecule has 0 atom stereocenters. The van der Waals surface area contributed by atoms with Crippen molar-refractivity contribution in [1.29, 1.82) is 0 Å². The minimum absolute atomic E-state index is 0.112. The average molecular weight is 557 g/mol. The number of ether oxygens (including phenoxy) is 2. The molecule has 1 heterocycles. The molecule has 0 aromatic heterocycles. The fourth-order valence-electron chi connectivity index (χ4n) is 3.22. The number of benzene rings is 3. The molecule has 0 radical (unpaired) electrons. The number of halogens is 1. The Morgan fingerprint density at radius 1 is 1.12 bits per heavy atom. The Hall–Kier alpha value is -3.21. The van der Waals surface area contributed by atoms with Crippen molar-refractivity contribution in [2.75, 3.05) is 12.0 Å². The van der Waals surface area contributed by atoms with Crippen LogP contribution in [0.2, 0.25) is 0 Å². The van der Waals surface area contributed by atoms with Crippen molar-refractivity contribution in [2.45, 2.75) is 6.61 Å². The van der Waals surface area contributed by atoms with E-state index < -0.39 is 4.92 Å². The van der Waals surface area contributed by atoms with Crippen LogP contribution in [0.5, 0.6) is 11.5 Å². The number of anilines is 1.